The van der Waals surface area contributed by atoms with Crippen LogP contribution in [0.25, 0.3) is 0 Å². The van der Waals surface area contributed by atoms with Gasteiger partial charge in [-0.25, -0.2) is 4.98 Å². The Morgan fingerprint density at radius 3 is 2.60 bits per heavy atom. The second kappa shape index (κ2) is 10.1. The fraction of sp³-hybridized carbons (Fsp3) is 0.696. The van der Waals surface area contributed by atoms with Crippen LogP contribution in [-0.2, 0) is 11.3 Å². The number of amides is 1. The Morgan fingerprint density at radius 2 is 1.90 bits per heavy atom. The summed E-state index contributed by atoms with van der Waals surface area (Å²) >= 11 is 0. The average Bonchev–Trinajstić information content (AvgIpc) is 3.49. The van der Waals surface area contributed by atoms with Gasteiger partial charge < -0.3 is 20.4 Å². The fourth-order valence-electron chi connectivity index (χ4n) is 4.91. The summed E-state index contributed by atoms with van der Waals surface area (Å²) in [6, 6.07) is 4.52. The molecular weight excluding hydrogens is 376 g/mol. The SMILES string of the molecule is CN=C(NCc1ccc(N2CCCC2)nc1)NC1CCN(C(=O)C2CCCCC2)C1. The molecule has 1 aliphatic carbocycles. The Hall–Kier alpha value is -2.31. The van der Waals surface area contributed by atoms with Crippen molar-refractivity contribution >= 4 is 17.7 Å². The summed E-state index contributed by atoms with van der Waals surface area (Å²) in [5, 5.41) is 6.89. The number of aromatic nitrogens is 1. The first-order chi connectivity index (χ1) is 14.7. The summed E-state index contributed by atoms with van der Waals surface area (Å²) in [4.78, 5) is 26.2. The molecule has 0 spiro atoms. The van der Waals surface area contributed by atoms with E-state index in [4.69, 9.17) is 0 Å². The number of carbonyl (C=O) groups is 1. The Labute approximate surface area is 180 Å². The number of nitrogens with one attached hydrogen (secondary N) is 2. The molecule has 0 radical (unpaired) electrons. The first-order valence-electron chi connectivity index (χ1n) is 11.7. The van der Waals surface area contributed by atoms with Crippen molar-refractivity contribution in [1.82, 2.24) is 20.5 Å². The minimum Gasteiger partial charge on any atom is -0.357 e. The van der Waals surface area contributed by atoms with Crippen LogP contribution in [0.5, 0.6) is 0 Å². The molecule has 0 aromatic carbocycles. The molecule has 1 aromatic rings. The van der Waals surface area contributed by atoms with Crippen molar-refractivity contribution < 1.29 is 4.79 Å². The smallest absolute Gasteiger partial charge is 0.225 e. The maximum absolute atomic E-state index is 12.8. The number of anilines is 1. The summed E-state index contributed by atoms with van der Waals surface area (Å²) in [6.45, 7) is 4.55. The fourth-order valence-corrected chi connectivity index (χ4v) is 4.91. The Kier molecular flexibility index (Phi) is 7.07. The Balaban J connectivity index is 1.22. The van der Waals surface area contributed by atoms with Crippen LogP contribution in [0.4, 0.5) is 5.82 Å². The zero-order valence-corrected chi connectivity index (χ0v) is 18.3. The number of aliphatic imine (C=N–C) groups is 1. The van der Waals surface area contributed by atoms with Gasteiger partial charge in [0.15, 0.2) is 5.96 Å². The molecule has 164 valence electrons. The molecular formula is C23H36N6O. The maximum Gasteiger partial charge on any atom is 0.225 e. The van der Waals surface area contributed by atoms with E-state index in [1.54, 1.807) is 7.05 Å². The second-order valence-electron chi connectivity index (χ2n) is 8.89. The first kappa shape index (κ1) is 20.9. The van der Waals surface area contributed by atoms with E-state index in [0.29, 0.717) is 12.5 Å². The summed E-state index contributed by atoms with van der Waals surface area (Å²) in [6.07, 6.45) is 11.3. The molecule has 3 fully saturated rings. The molecule has 1 atom stereocenters. The molecule has 7 heteroatoms. The van der Waals surface area contributed by atoms with Crippen molar-refractivity contribution in [3.05, 3.63) is 23.9 Å². The molecule has 2 aliphatic heterocycles. The van der Waals surface area contributed by atoms with E-state index in [9.17, 15) is 4.79 Å². The van der Waals surface area contributed by atoms with E-state index in [0.717, 1.165) is 62.8 Å². The van der Waals surface area contributed by atoms with Crippen LogP contribution in [0.15, 0.2) is 23.3 Å². The van der Waals surface area contributed by atoms with Gasteiger partial charge in [-0.1, -0.05) is 25.3 Å². The van der Waals surface area contributed by atoms with Crippen molar-refractivity contribution in [2.45, 2.75) is 64.0 Å². The van der Waals surface area contributed by atoms with Gasteiger partial charge in [-0.2, -0.15) is 0 Å². The summed E-state index contributed by atoms with van der Waals surface area (Å²) in [5.41, 5.74) is 1.14. The number of likely N-dealkylation sites (tertiary alicyclic amines) is 1. The minimum atomic E-state index is 0.256. The van der Waals surface area contributed by atoms with Crippen molar-refractivity contribution in [2.75, 3.05) is 38.1 Å². The van der Waals surface area contributed by atoms with Gasteiger partial charge in [0.2, 0.25) is 5.91 Å². The third-order valence-electron chi connectivity index (χ3n) is 6.72. The van der Waals surface area contributed by atoms with Crippen molar-refractivity contribution in [3.8, 4) is 0 Å². The highest BCUT2D eigenvalue weighted by Gasteiger charge is 2.31. The average molecular weight is 413 g/mol. The molecule has 1 aromatic heterocycles. The number of carbonyl (C=O) groups excluding carboxylic acids is 1. The molecule has 1 unspecified atom stereocenters. The molecule has 0 bridgehead atoms. The van der Waals surface area contributed by atoms with Crippen LogP contribution in [0.1, 0.15) is 56.9 Å². The molecule has 3 heterocycles. The summed E-state index contributed by atoms with van der Waals surface area (Å²) in [5.74, 6) is 2.49. The van der Waals surface area contributed by atoms with Gasteiger partial charge in [-0.05, 0) is 43.7 Å². The maximum atomic E-state index is 12.8. The second-order valence-corrected chi connectivity index (χ2v) is 8.89. The van der Waals surface area contributed by atoms with Crippen LogP contribution < -0.4 is 15.5 Å². The third-order valence-corrected chi connectivity index (χ3v) is 6.72. The van der Waals surface area contributed by atoms with Crippen LogP contribution in [-0.4, -0.2) is 61.0 Å². The molecule has 7 nitrogen and oxygen atoms in total. The number of hydrogen-bond donors (Lipinski definition) is 2. The number of guanidine groups is 1. The van der Waals surface area contributed by atoms with Gasteiger partial charge in [0, 0.05) is 57.9 Å². The van der Waals surface area contributed by atoms with Crippen LogP contribution in [0.2, 0.25) is 0 Å². The van der Waals surface area contributed by atoms with Crippen LogP contribution in [0.3, 0.4) is 0 Å². The summed E-state index contributed by atoms with van der Waals surface area (Å²) in [7, 11) is 1.80. The van der Waals surface area contributed by atoms with E-state index < -0.39 is 0 Å². The monoisotopic (exact) mass is 412 g/mol. The van der Waals surface area contributed by atoms with E-state index in [1.807, 2.05) is 6.20 Å². The minimum absolute atomic E-state index is 0.256. The Morgan fingerprint density at radius 1 is 1.10 bits per heavy atom. The molecule has 4 rings (SSSR count). The molecule has 1 amide bonds. The van der Waals surface area contributed by atoms with Crippen LogP contribution >= 0.6 is 0 Å². The molecule has 1 saturated carbocycles. The van der Waals surface area contributed by atoms with Gasteiger partial charge in [-0.15, -0.1) is 0 Å². The van der Waals surface area contributed by atoms with E-state index >= 15 is 0 Å². The lowest BCUT2D eigenvalue weighted by molar-refractivity contribution is -0.135. The topological polar surface area (TPSA) is 72.9 Å². The number of nitrogens with zero attached hydrogens (tertiary/aromatic N) is 4. The van der Waals surface area contributed by atoms with Crippen LogP contribution in [0, 0.1) is 5.92 Å². The quantitative estimate of drug-likeness (QED) is 0.574. The molecule has 2 saturated heterocycles. The van der Waals surface area contributed by atoms with Gasteiger partial charge in [0.1, 0.15) is 5.82 Å². The predicted molar refractivity (Wildman–Crippen MR) is 121 cm³/mol. The highest BCUT2D eigenvalue weighted by atomic mass is 16.2. The number of rotatable bonds is 5. The molecule has 3 aliphatic rings. The zero-order valence-electron chi connectivity index (χ0n) is 18.3. The number of hydrogen-bond acceptors (Lipinski definition) is 4. The normalized spacial score (nSPS) is 23.1. The predicted octanol–water partition coefficient (Wildman–Crippen LogP) is 2.53. The standard InChI is InChI=1S/C23H36N6O/c1-24-23(26-16-18-9-10-21(25-15-18)28-12-5-6-13-28)27-20-11-14-29(17-20)22(30)19-7-3-2-4-8-19/h9-10,15,19-20H,2-8,11-14,16-17H2,1H3,(H2,24,26,27). The van der Waals surface area contributed by atoms with E-state index in [2.05, 4.69) is 42.5 Å². The van der Waals surface area contributed by atoms with Gasteiger partial charge in [0.05, 0.1) is 0 Å². The highest BCUT2D eigenvalue weighted by Crippen LogP contribution is 2.26. The summed E-state index contributed by atoms with van der Waals surface area (Å²) < 4.78 is 0. The largest absolute Gasteiger partial charge is 0.357 e. The van der Waals surface area contributed by atoms with Gasteiger partial charge in [-0.3, -0.25) is 9.79 Å². The number of pyridine rings is 1. The van der Waals surface area contributed by atoms with E-state index in [1.165, 1.54) is 32.1 Å². The highest BCUT2D eigenvalue weighted by molar-refractivity contribution is 5.81. The van der Waals surface area contributed by atoms with Crippen molar-refractivity contribution in [2.24, 2.45) is 10.9 Å². The third kappa shape index (κ3) is 5.24. The van der Waals surface area contributed by atoms with Crippen molar-refractivity contribution in [1.29, 1.82) is 0 Å². The molecule has 30 heavy (non-hydrogen) atoms. The first-order valence-corrected chi connectivity index (χ1v) is 11.7. The molecule has 2 N–H and O–H groups in total. The zero-order chi connectivity index (χ0) is 20.8. The van der Waals surface area contributed by atoms with E-state index in [-0.39, 0.29) is 12.0 Å². The lowest BCUT2D eigenvalue weighted by Crippen LogP contribution is -2.45. The van der Waals surface area contributed by atoms with Crippen molar-refractivity contribution in [3.63, 3.8) is 0 Å². The van der Waals surface area contributed by atoms with Gasteiger partial charge in [0.25, 0.3) is 0 Å². The van der Waals surface area contributed by atoms with Gasteiger partial charge >= 0.3 is 0 Å². The lowest BCUT2D eigenvalue weighted by Gasteiger charge is -2.26. The Bertz CT molecular complexity index is 722. The lowest BCUT2D eigenvalue weighted by atomic mass is 9.88.